The minimum absolute atomic E-state index is 0.968. The molecule has 0 aromatic carbocycles. The zero-order valence-corrected chi connectivity index (χ0v) is 3.53. The zero-order valence-electron chi connectivity index (χ0n) is 3.53. The van der Waals surface area contributed by atoms with Gasteiger partial charge in [0.25, 0.3) is 0 Å². The van der Waals surface area contributed by atoms with Crippen molar-refractivity contribution in [2.24, 2.45) is 0 Å². The summed E-state index contributed by atoms with van der Waals surface area (Å²) in [4.78, 5) is 9.63. The lowest BCUT2D eigenvalue weighted by molar-refractivity contribution is 0.520. The molecule has 1 saturated carbocycles. The largest absolute Gasteiger partial charge is 0.290 e. The van der Waals surface area contributed by atoms with E-state index in [4.69, 9.17) is 0 Å². The molecule has 1 aliphatic carbocycles. The van der Waals surface area contributed by atoms with Crippen molar-refractivity contribution in [3.05, 3.63) is 5.92 Å². The number of carbonyl (C=O) groups excluding carboxylic acids is 1. The SMILES string of the molecule is O=[C][C]1CCC1. The molecule has 0 heterocycles. The topological polar surface area (TPSA) is 17.1 Å². The van der Waals surface area contributed by atoms with Crippen LogP contribution in [0.1, 0.15) is 19.3 Å². The Morgan fingerprint density at radius 3 is 2.17 bits per heavy atom. The van der Waals surface area contributed by atoms with E-state index in [1.165, 1.54) is 6.42 Å². The van der Waals surface area contributed by atoms with Gasteiger partial charge < -0.3 is 0 Å². The third-order valence-electron chi connectivity index (χ3n) is 1.10. The van der Waals surface area contributed by atoms with Crippen molar-refractivity contribution in [1.82, 2.24) is 0 Å². The minimum Gasteiger partial charge on any atom is -0.290 e. The fraction of sp³-hybridized carbons (Fsp3) is 0.600. The molecule has 32 valence electrons. The summed E-state index contributed by atoms with van der Waals surface area (Å²) in [6.45, 7) is 0. The molecule has 0 aromatic heterocycles. The highest BCUT2D eigenvalue weighted by atomic mass is 16.1. The standard InChI is InChI=1S/C5H6O/c6-4-5-2-1-3-5/h1-3H2. The van der Waals surface area contributed by atoms with Gasteiger partial charge in [-0.15, -0.1) is 0 Å². The van der Waals surface area contributed by atoms with Crippen molar-refractivity contribution >= 4 is 6.29 Å². The van der Waals surface area contributed by atoms with Gasteiger partial charge in [-0.1, -0.05) is 6.42 Å². The van der Waals surface area contributed by atoms with E-state index < -0.39 is 0 Å². The first-order valence-electron chi connectivity index (χ1n) is 2.16. The Bertz CT molecular complexity index is 55.0. The van der Waals surface area contributed by atoms with Gasteiger partial charge in [0.15, 0.2) is 0 Å². The van der Waals surface area contributed by atoms with E-state index in [1.807, 2.05) is 6.29 Å². The smallest absolute Gasteiger partial charge is 0.206 e. The predicted molar refractivity (Wildman–Crippen MR) is 22.8 cm³/mol. The molecule has 1 rings (SSSR count). The van der Waals surface area contributed by atoms with E-state index in [0.717, 1.165) is 18.8 Å². The van der Waals surface area contributed by atoms with Crippen LogP contribution in [0, 0.1) is 5.92 Å². The summed E-state index contributed by atoms with van der Waals surface area (Å²) in [7, 11) is 0. The Morgan fingerprint density at radius 2 is 2.17 bits per heavy atom. The molecule has 0 bridgehead atoms. The van der Waals surface area contributed by atoms with Crippen LogP contribution in [0.4, 0.5) is 0 Å². The number of rotatable bonds is 1. The van der Waals surface area contributed by atoms with E-state index in [9.17, 15) is 4.79 Å². The molecule has 6 heavy (non-hydrogen) atoms. The Balaban J connectivity index is 2.16. The van der Waals surface area contributed by atoms with Gasteiger partial charge in [-0.2, -0.15) is 0 Å². The van der Waals surface area contributed by atoms with Crippen LogP contribution < -0.4 is 0 Å². The summed E-state index contributed by atoms with van der Waals surface area (Å²) in [5.41, 5.74) is 0. The van der Waals surface area contributed by atoms with E-state index in [2.05, 4.69) is 0 Å². The summed E-state index contributed by atoms with van der Waals surface area (Å²) in [5, 5.41) is 0. The second-order valence-electron chi connectivity index (χ2n) is 1.56. The highest BCUT2D eigenvalue weighted by molar-refractivity contribution is 5.70. The molecule has 0 N–H and O–H groups in total. The van der Waals surface area contributed by atoms with Gasteiger partial charge in [-0.25, -0.2) is 0 Å². The van der Waals surface area contributed by atoms with Crippen molar-refractivity contribution in [2.75, 3.05) is 0 Å². The van der Waals surface area contributed by atoms with E-state index in [0.29, 0.717) is 0 Å². The molecule has 1 aliphatic rings. The Morgan fingerprint density at radius 1 is 1.50 bits per heavy atom. The molecular formula is C5H6O. The molecule has 2 radical (unpaired) electrons. The van der Waals surface area contributed by atoms with Gasteiger partial charge in [-0.05, 0) is 12.8 Å². The molecule has 0 aromatic rings. The van der Waals surface area contributed by atoms with Crippen LogP contribution in [0.5, 0.6) is 0 Å². The van der Waals surface area contributed by atoms with Crippen LogP contribution in [0.25, 0.3) is 0 Å². The summed E-state index contributed by atoms with van der Waals surface area (Å²) >= 11 is 0. The molecule has 1 heteroatoms. The van der Waals surface area contributed by atoms with Crippen molar-refractivity contribution < 1.29 is 4.79 Å². The molecule has 0 spiro atoms. The molecule has 1 nitrogen and oxygen atoms in total. The first-order chi connectivity index (χ1) is 2.93. The monoisotopic (exact) mass is 82.0 g/mol. The fourth-order valence-electron chi connectivity index (χ4n) is 0.456. The highest BCUT2D eigenvalue weighted by Gasteiger charge is 2.16. The normalized spacial score (nSPS) is 22.7. The molecule has 0 saturated heterocycles. The number of hydrogen-bond acceptors (Lipinski definition) is 1. The Labute approximate surface area is 37.4 Å². The molecule has 0 aliphatic heterocycles. The molecule has 0 atom stereocenters. The average Bonchev–Trinajstić information content (AvgIpc) is 1.31. The molecule has 0 unspecified atom stereocenters. The van der Waals surface area contributed by atoms with Crippen LogP contribution in [-0.4, -0.2) is 6.29 Å². The van der Waals surface area contributed by atoms with E-state index in [-0.39, 0.29) is 0 Å². The van der Waals surface area contributed by atoms with Gasteiger partial charge in [-0.3, -0.25) is 4.79 Å². The Kier molecular flexibility index (Phi) is 0.906. The third-order valence-corrected chi connectivity index (χ3v) is 1.10. The lowest BCUT2D eigenvalue weighted by Crippen LogP contribution is -2.08. The molecular weight excluding hydrogens is 76.1 g/mol. The van der Waals surface area contributed by atoms with Crippen molar-refractivity contribution in [3.63, 3.8) is 0 Å². The Hall–Kier alpha value is -0.330. The van der Waals surface area contributed by atoms with Gasteiger partial charge >= 0.3 is 0 Å². The maximum Gasteiger partial charge on any atom is 0.206 e. The fourth-order valence-corrected chi connectivity index (χ4v) is 0.456. The first kappa shape index (κ1) is 3.85. The molecule has 0 amide bonds. The number of hydrogen-bond donors (Lipinski definition) is 0. The van der Waals surface area contributed by atoms with Crippen LogP contribution >= 0.6 is 0 Å². The van der Waals surface area contributed by atoms with Gasteiger partial charge in [0.05, 0.1) is 0 Å². The van der Waals surface area contributed by atoms with Crippen molar-refractivity contribution in [2.45, 2.75) is 19.3 Å². The van der Waals surface area contributed by atoms with Crippen LogP contribution in [0.2, 0.25) is 0 Å². The van der Waals surface area contributed by atoms with E-state index in [1.54, 1.807) is 0 Å². The zero-order chi connectivity index (χ0) is 4.41. The lowest BCUT2D eigenvalue weighted by atomic mass is 9.87. The maximum atomic E-state index is 9.63. The first-order valence-corrected chi connectivity index (χ1v) is 2.16. The summed E-state index contributed by atoms with van der Waals surface area (Å²) < 4.78 is 0. The minimum atomic E-state index is 0.968. The highest BCUT2D eigenvalue weighted by Crippen LogP contribution is 2.25. The summed E-state index contributed by atoms with van der Waals surface area (Å²) in [6.07, 6.45) is 5.07. The van der Waals surface area contributed by atoms with Crippen molar-refractivity contribution in [3.8, 4) is 0 Å². The predicted octanol–water partition coefficient (Wildman–Crippen LogP) is 0.854. The maximum absolute atomic E-state index is 9.63. The van der Waals surface area contributed by atoms with Crippen LogP contribution in [0.15, 0.2) is 0 Å². The van der Waals surface area contributed by atoms with Gasteiger partial charge in [0.1, 0.15) is 0 Å². The molecule has 1 fully saturated rings. The lowest BCUT2D eigenvalue weighted by Gasteiger charge is -2.15. The van der Waals surface area contributed by atoms with Crippen molar-refractivity contribution in [1.29, 1.82) is 0 Å². The van der Waals surface area contributed by atoms with Gasteiger partial charge in [0.2, 0.25) is 6.29 Å². The quantitative estimate of drug-likeness (QED) is 0.458. The second kappa shape index (κ2) is 1.41. The summed E-state index contributed by atoms with van der Waals surface area (Å²) in [6, 6.07) is 0. The van der Waals surface area contributed by atoms with Crippen LogP contribution in [0.3, 0.4) is 0 Å². The third kappa shape index (κ3) is 0.445. The van der Waals surface area contributed by atoms with Gasteiger partial charge in [0, 0.05) is 5.92 Å². The second-order valence-corrected chi connectivity index (χ2v) is 1.56. The van der Waals surface area contributed by atoms with Crippen LogP contribution in [-0.2, 0) is 4.79 Å². The van der Waals surface area contributed by atoms with E-state index >= 15 is 0 Å². The summed E-state index contributed by atoms with van der Waals surface area (Å²) in [5.74, 6) is 0.968. The average molecular weight is 82.1 g/mol.